The third-order valence-electron chi connectivity index (χ3n) is 2.43. The van der Waals surface area contributed by atoms with Crippen molar-refractivity contribution in [2.45, 2.75) is 6.42 Å². The Labute approximate surface area is 102 Å². The summed E-state index contributed by atoms with van der Waals surface area (Å²) in [5, 5.41) is 8.97. The van der Waals surface area contributed by atoms with Crippen molar-refractivity contribution in [3.05, 3.63) is 34.8 Å². The summed E-state index contributed by atoms with van der Waals surface area (Å²) >= 11 is 3.40. The fraction of sp³-hybridized carbons (Fsp3) is 0.273. The lowest BCUT2D eigenvalue weighted by Crippen LogP contribution is -2.01. The van der Waals surface area contributed by atoms with Crippen LogP contribution in [-0.2, 0) is 13.5 Å². The Morgan fingerprint density at radius 2 is 2.31 bits per heavy atom. The summed E-state index contributed by atoms with van der Waals surface area (Å²) in [5.74, 6) is 0.850. The van der Waals surface area contributed by atoms with Crippen LogP contribution in [0.5, 0.6) is 0 Å². The lowest BCUT2D eigenvalue weighted by atomic mass is 10.2. The molecule has 0 bridgehead atoms. The molecule has 0 aromatic carbocycles. The number of hydrogen-bond acceptors (Lipinski definition) is 3. The normalized spacial score (nSPS) is 10.7. The van der Waals surface area contributed by atoms with Crippen molar-refractivity contribution in [2.24, 2.45) is 7.05 Å². The minimum atomic E-state index is 0.116. The van der Waals surface area contributed by atoms with Crippen LogP contribution in [0.3, 0.4) is 0 Å². The summed E-state index contributed by atoms with van der Waals surface area (Å²) in [6.07, 6.45) is 4.10. The number of halogens is 1. The minimum Gasteiger partial charge on any atom is -0.396 e. The lowest BCUT2D eigenvalue weighted by Gasteiger charge is -2.04. The summed E-state index contributed by atoms with van der Waals surface area (Å²) in [6.45, 7) is 0.116. The molecule has 5 heteroatoms. The second-order valence-electron chi connectivity index (χ2n) is 3.45. The van der Waals surface area contributed by atoms with Crippen molar-refractivity contribution in [2.75, 3.05) is 6.61 Å². The number of aliphatic hydroxyl groups is 1. The van der Waals surface area contributed by atoms with Gasteiger partial charge in [0.15, 0.2) is 0 Å². The summed E-state index contributed by atoms with van der Waals surface area (Å²) in [7, 11) is 1.94. The molecule has 0 amide bonds. The van der Waals surface area contributed by atoms with Crippen LogP contribution in [0.1, 0.15) is 5.69 Å². The zero-order valence-corrected chi connectivity index (χ0v) is 10.5. The molecule has 4 nitrogen and oxygen atoms in total. The van der Waals surface area contributed by atoms with E-state index in [1.165, 1.54) is 0 Å². The van der Waals surface area contributed by atoms with Crippen molar-refractivity contribution in [1.82, 2.24) is 14.5 Å². The van der Waals surface area contributed by atoms with Crippen LogP contribution in [0, 0.1) is 0 Å². The summed E-state index contributed by atoms with van der Waals surface area (Å²) in [5.41, 5.74) is 1.95. The van der Waals surface area contributed by atoms with Crippen molar-refractivity contribution in [3.63, 3.8) is 0 Å². The van der Waals surface area contributed by atoms with Gasteiger partial charge in [-0.3, -0.25) is 4.98 Å². The molecular formula is C11H12BrN3O. The van der Waals surface area contributed by atoms with Gasteiger partial charge in [0.1, 0.15) is 10.4 Å². The zero-order chi connectivity index (χ0) is 11.5. The third-order valence-corrected chi connectivity index (χ3v) is 3.07. The first-order chi connectivity index (χ1) is 7.74. The van der Waals surface area contributed by atoms with Crippen LogP contribution in [-0.4, -0.2) is 26.2 Å². The Balaban J connectivity index is 2.47. The minimum absolute atomic E-state index is 0.116. The van der Waals surface area contributed by atoms with Crippen LogP contribution in [0.25, 0.3) is 11.4 Å². The first-order valence-electron chi connectivity index (χ1n) is 4.96. The number of nitrogens with zero attached hydrogens (tertiary/aromatic N) is 3. The molecule has 84 valence electrons. The largest absolute Gasteiger partial charge is 0.396 e. The van der Waals surface area contributed by atoms with Gasteiger partial charge in [0.25, 0.3) is 0 Å². The van der Waals surface area contributed by atoms with Gasteiger partial charge in [-0.1, -0.05) is 0 Å². The van der Waals surface area contributed by atoms with Crippen molar-refractivity contribution >= 4 is 15.9 Å². The molecular weight excluding hydrogens is 270 g/mol. The van der Waals surface area contributed by atoms with Gasteiger partial charge >= 0.3 is 0 Å². The predicted molar refractivity (Wildman–Crippen MR) is 64.9 cm³/mol. The highest BCUT2D eigenvalue weighted by atomic mass is 79.9. The molecule has 2 aromatic rings. The second kappa shape index (κ2) is 4.76. The van der Waals surface area contributed by atoms with Crippen LogP contribution in [0.2, 0.25) is 0 Å². The number of hydrogen-bond donors (Lipinski definition) is 1. The molecule has 0 aliphatic rings. The highest BCUT2D eigenvalue weighted by molar-refractivity contribution is 9.10. The Kier molecular flexibility index (Phi) is 3.36. The van der Waals surface area contributed by atoms with E-state index < -0.39 is 0 Å². The number of rotatable bonds is 3. The lowest BCUT2D eigenvalue weighted by molar-refractivity contribution is 0.296. The molecule has 16 heavy (non-hydrogen) atoms. The van der Waals surface area contributed by atoms with Crippen molar-refractivity contribution < 1.29 is 5.11 Å². The molecule has 2 aromatic heterocycles. The van der Waals surface area contributed by atoms with Crippen LogP contribution in [0.4, 0.5) is 0 Å². The predicted octanol–water partition coefficient (Wildman–Crippen LogP) is 1.78. The van der Waals surface area contributed by atoms with Gasteiger partial charge in [0, 0.05) is 38.0 Å². The van der Waals surface area contributed by atoms with E-state index in [-0.39, 0.29) is 6.61 Å². The standard InChI is InChI=1S/C11H12BrN3O/c1-15-9(4-6-16)10(12)14-11(15)8-3-2-5-13-7-8/h2-3,5,7,16H,4,6H2,1H3. The van der Waals surface area contributed by atoms with Gasteiger partial charge in [0.2, 0.25) is 0 Å². The first kappa shape index (κ1) is 11.3. The molecule has 0 saturated carbocycles. The maximum Gasteiger partial charge on any atom is 0.142 e. The topological polar surface area (TPSA) is 50.9 Å². The Morgan fingerprint density at radius 3 is 2.94 bits per heavy atom. The maximum atomic E-state index is 8.97. The van der Waals surface area contributed by atoms with Crippen LogP contribution in [0.15, 0.2) is 29.1 Å². The Bertz CT molecular complexity index is 481. The fourth-order valence-electron chi connectivity index (χ4n) is 1.63. The number of pyridine rings is 1. The summed E-state index contributed by atoms with van der Waals surface area (Å²) < 4.78 is 2.75. The molecule has 0 saturated heterocycles. The van der Waals surface area contributed by atoms with Gasteiger partial charge < -0.3 is 9.67 Å². The van der Waals surface area contributed by atoms with E-state index in [2.05, 4.69) is 25.9 Å². The van der Waals surface area contributed by atoms with E-state index in [0.29, 0.717) is 6.42 Å². The quantitative estimate of drug-likeness (QED) is 0.933. The van der Waals surface area contributed by atoms with Crippen LogP contribution < -0.4 is 0 Å². The number of aromatic nitrogens is 3. The number of aliphatic hydroxyl groups excluding tert-OH is 1. The van der Waals surface area contributed by atoms with E-state index in [4.69, 9.17) is 5.11 Å². The maximum absolute atomic E-state index is 8.97. The van der Waals surface area contributed by atoms with Crippen molar-refractivity contribution in [1.29, 1.82) is 0 Å². The van der Waals surface area contributed by atoms with E-state index in [9.17, 15) is 0 Å². The molecule has 0 radical (unpaired) electrons. The van der Waals surface area contributed by atoms with Gasteiger partial charge in [-0.2, -0.15) is 0 Å². The van der Waals surface area contributed by atoms with Crippen molar-refractivity contribution in [3.8, 4) is 11.4 Å². The monoisotopic (exact) mass is 281 g/mol. The molecule has 0 spiro atoms. The zero-order valence-electron chi connectivity index (χ0n) is 8.89. The smallest absolute Gasteiger partial charge is 0.142 e. The summed E-state index contributed by atoms with van der Waals surface area (Å²) in [4.78, 5) is 8.50. The second-order valence-corrected chi connectivity index (χ2v) is 4.20. The van der Waals surface area contributed by atoms with Gasteiger partial charge in [-0.05, 0) is 28.1 Å². The van der Waals surface area contributed by atoms with E-state index in [1.807, 2.05) is 23.7 Å². The molecule has 0 unspecified atom stereocenters. The van der Waals surface area contributed by atoms with Gasteiger partial charge in [0.05, 0.1) is 5.69 Å². The molecule has 0 aliphatic heterocycles. The average molecular weight is 282 g/mol. The Morgan fingerprint density at radius 1 is 1.50 bits per heavy atom. The first-order valence-corrected chi connectivity index (χ1v) is 5.75. The van der Waals surface area contributed by atoms with Gasteiger partial charge in [-0.25, -0.2) is 4.98 Å². The molecule has 1 N–H and O–H groups in total. The summed E-state index contributed by atoms with van der Waals surface area (Å²) in [6, 6.07) is 3.84. The van der Waals surface area contributed by atoms with Gasteiger partial charge in [-0.15, -0.1) is 0 Å². The molecule has 2 heterocycles. The fourth-order valence-corrected chi connectivity index (χ4v) is 2.26. The average Bonchev–Trinajstić information content (AvgIpc) is 2.59. The van der Waals surface area contributed by atoms with Crippen LogP contribution >= 0.6 is 15.9 Å². The number of imidazole rings is 1. The SMILES string of the molecule is Cn1c(-c2cccnc2)nc(Br)c1CCO. The van der Waals surface area contributed by atoms with E-state index in [0.717, 1.165) is 21.7 Å². The molecule has 2 rings (SSSR count). The van der Waals surface area contributed by atoms with E-state index in [1.54, 1.807) is 12.4 Å². The third kappa shape index (κ3) is 2.01. The molecule has 0 fully saturated rings. The highest BCUT2D eigenvalue weighted by Gasteiger charge is 2.13. The highest BCUT2D eigenvalue weighted by Crippen LogP contribution is 2.24. The Hall–Kier alpha value is -1.20. The van der Waals surface area contributed by atoms with E-state index >= 15 is 0 Å². The molecule has 0 atom stereocenters. The molecule has 0 aliphatic carbocycles.